The quantitative estimate of drug-likeness (QED) is 0.461. The second-order valence-corrected chi connectivity index (χ2v) is 3.35. The summed E-state index contributed by atoms with van der Waals surface area (Å²) >= 11 is 2.22. The number of alkyl halides is 1. The Balaban J connectivity index is 2.41. The molecule has 0 N–H and O–H groups in total. The van der Waals surface area contributed by atoms with Gasteiger partial charge in [0.05, 0.1) is 4.43 Å². The van der Waals surface area contributed by atoms with Crippen LogP contribution in [-0.2, 0) is 0 Å². The fourth-order valence-corrected chi connectivity index (χ4v) is 1.12. The highest BCUT2D eigenvalue weighted by atomic mass is 127. The summed E-state index contributed by atoms with van der Waals surface area (Å²) in [6.07, 6.45) is 0. The van der Waals surface area contributed by atoms with Gasteiger partial charge in [-0.25, -0.2) is 0 Å². The Morgan fingerprint density at radius 3 is 2.54 bits per heavy atom. The van der Waals surface area contributed by atoms with Gasteiger partial charge >= 0.3 is 0 Å². The Hall–Kier alpha value is -0.690. The molecule has 0 aliphatic carbocycles. The topological polar surface area (TPSA) is 9.23 Å². The molecule has 2 heteroatoms. The van der Waals surface area contributed by atoms with Crippen LogP contribution >= 0.6 is 22.6 Å². The lowest BCUT2D eigenvalue weighted by atomic mass is 10.2. The smallest absolute Gasteiger partial charge is 0.149 e. The highest BCUT2D eigenvalue weighted by molar-refractivity contribution is 14.1. The zero-order valence-electron chi connectivity index (χ0n) is 7.51. The molecule has 0 saturated heterocycles. The van der Waals surface area contributed by atoms with Gasteiger partial charge in [-0.3, -0.25) is 0 Å². The van der Waals surface area contributed by atoms with Gasteiger partial charge < -0.3 is 4.74 Å². The third-order valence-corrected chi connectivity index (χ3v) is 1.91. The summed E-state index contributed by atoms with van der Waals surface area (Å²) in [5, 5.41) is 0. The van der Waals surface area contributed by atoms with Crippen LogP contribution in [0.15, 0.2) is 24.3 Å². The summed E-state index contributed by atoms with van der Waals surface area (Å²) in [5.74, 6) is 6.74. The fourth-order valence-electron chi connectivity index (χ4n) is 0.852. The maximum Gasteiger partial charge on any atom is 0.149 e. The molecule has 0 bridgehead atoms. The normalized spacial score (nSPS) is 8.77. The van der Waals surface area contributed by atoms with Gasteiger partial charge in [0.15, 0.2) is 0 Å². The fraction of sp³-hybridized carbons (Fsp3) is 0.273. The zero-order chi connectivity index (χ0) is 9.52. The van der Waals surface area contributed by atoms with Crippen molar-refractivity contribution in [2.45, 2.75) is 6.92 Å². The lowest BCUT2D eigenvalue weighted by Gasteiger charge is -2.01. The van der Waals surface area contributed by atoms with Crippen LogP contribution in [-0.4, -0.2) is 11.0 Å². The van der Waals surface area contributed by atoms with E-state index in [0.29, 0.717) is 6.61 Å². The summed E-state index contributed by atoms with van der Waals surface area (Å²) in [6.45, 7) is 2.53. The standard InChI is InChI=1S/C11H11IO/c1-10-4-6-11(7-5-10)13-9-3-2-8-12/h4-7H,8-9H2,1H3. The van der Waals surface area contributed by atoms with Gasteiger partial charge in [-0.1, -0.05) is 52.1 Å². The summed E-state index contributed by atoms with van der Waals surface area (Å²) in [5.41, 5.74) is 1.24. The number of aryl methyl sites for hydroxylation is 1. The van der Waals surface area contributed by atoms with Crippen molar-refractivity contribution >= 4 is 22.6 Å². The van der Waals surface area contributed by atoms with Crippen LogP contribution in [0.2, 0.25) is 0 Å². The van der Waals surface area contributed by atoms with E-state index >= 15 is 0 Å². The molecule has 0 unspecified atom stereocenters. The number of hydrogen-bond donors (Lipinski definition) is 0. The van der Waals surface area contributed by atoms with E-state index in [1.54, 1.807) is 0 Å². The summed E-state index contributed by atoms with van der Waals surface area (Å²) in [4.78, 5) is 0. The van der Waals surface area contributed by atoms with Crippen molar-refractivity contribution in [3.05, 3.63) is 29.8 Å². The first-order valence-corrected chi connectivity index (χ1v) is 5.56. The molecular weight excluding hydrogens is 275 g/mol. The lowest BCUT2D eigenvalue weighted by molar-refractivity contribution is 0.370. The van der Waals surface area contributed by atoms with Crippen molar-refractivity contribution < 1.29 is 4.74 Å². The Bertz CT molecular complexity index is 305. The van der Waals surface area contributed by atoms with Gasteiger partial charge in [0.25, 0.3) is 0 Å². The summed E-state index contributed by atoms with van der Waals surface area (Å²) in [7, 11) is 0. The second-order valence-electron chi connectivity index (χ2n) is 2.59. The zero-order valence-corrected chi connectivity index (χ0v) is 9.67. The summed E-state index contributed by atoms with van der Waals surface area (Å²) < 4.78 is 6.24. The van der Waals surface area contributed by atoms with Crippen molar-refractivity contribution in [2.24, 2.45) is 0 Å². The van der Waals surface area contributed by atoms with Crippen molar-refractivity contribution in [1.82, 2.24) is 0 Å². The third-order valence-electron chi connectivity index (χ3n) is 1.52. The van der Waals surface area contributed by atoms with E-state index in [-0.39, 0.29) is 0 Å². The number of rotatable bonds is 2. The van der Waals surface area contributed by atoms with E-state index < -0.39 is 0 Å². The van der Waals surface area contributed by atoms with E-state index in [1.165, 1.54) is 5.56 Å². The van der Waals surface area contributed by atoms with Crippen LogP contribution in [0.1, 0.15) is 5.56 Å². The first kappa shape index (κ1) is 10.4. The number of benzene rings is 1. The lowest BCUT2D eigenvalue weighted by Crippen LogP contribution is -1.93. The minimum absolute atomic E-state index is 0.478. The molecule has 1 aromatic rings. The molecule has 0 radical (unpaired) electrons. The average Bonchev–Trinajstić information content (AvgIpc) is 2.15. The van der Waals surface area contributed by atoms with Crippen LogP contribution in [0.5, 0.6) is 5.75 Å². The largest absolute Gasteiger partial charge is 0.481 e. The van der Waals surface area contributed by atoms with Crippen LogP contribution in [0.25, 0.3) is 0 Å². The minimum Gasteiger partial charge on any atom is -0.481 e. The van der Waals surface area contributed by atoms with Crippen molar-refractivity contribution in [2.75, 3.05) is 11.0 Å². The number of halogens is 1. The number of hydrogen-bond acceptors (Lipinski definition) is 1. The van der Waals surface area contributed by atoms with E-state index in [1.807, 2.05) is 24.3 Å². The van der Waals surface area contributed by atoms with Crippen molar-refractivity contribution in [3.8, 4) is 17.6 Å². The Morgan fingerprint density at radius 1 is 1.23 bits per heavy atom. The summed E-state index contributed by atoms with van der Waals surface area (Å²) in [6, 6.07) is 7.98. The molecule has 0 spiro atoms. The monoisotopic (exact) mass is 286 g/mol. The molecule has 0 fully saturated rings. The van der Waals surface area contributed by atoms with Crippen molar-refractivity contribution in [1.29, 1.82) is 0 Å². The maximum atomic E-state index is 5.39. The van der Waals surface area contributed by atoms with Gasteiger partial charge in [-0.15, -0.1) is 0 Å². The predicted octanol–water partition coefficient (Wildman–Crippen LogP) is 2.81. The molecule has 0 aromatic heterocycles. The molecular formula is C11H11IO. The van der Waals surface area contributed by atoms with Gasteiger partial charge in [0, 0.05) is 0 Å². The first-order chi connectivity index (χ1) is 6.33. The molecule has 13 heavy (non-hydrogen) atoms. The highest BCUT2D eigenvalue weighted by Gasteiger charge is 1.89. The number of ether oxygens (including phenoxy) is 1. The first-order valence-electron chi connectivity index (χ1n) is 4.04. The van der Waals surface area contributed by atoms with Crippen LogP contribution in [0, 0.1) is 18.8 Å². The Morgan fingerprint density at radius 2 is 1.92 bits per heavy atom. The molecule has 1 rings (SSSR count). The van der Waals surface area contributed by atoms with E-state index in [9.17, 15) is 0 Å². The maximum absolute atomic E-state index is 5.39. The second kappa shape index (κ2) is 5.87. The van der Waals surface area contributed by atoms with E-state index in [4.69, 9.17) is 4.74 Å². The van der Waals surface area contributed by atoms with Gasteiger partial charge in [-0.2, -0.15) is 0 Å². The third kappa shape index (κ3) is 4.18. The molecule has 0 saturated carbocycles. The molecule has 0 aliphatic heterocycles. The van der Waals surface area contributed by atoms with E-state index in [0.717, 1.165) is 10.2 Å². The van der Waals surface area contributed by atoms with Crippen LogP contribution < -0.4 is 4.74 Å². The SMILES string of the molecule is Cc1ccc(OCC#CCI)cc1. The average molecular weight is 286 g/mol. The Kier molecular flexibility index (Phi) is 4.69. The molecule has 1 nitrogen and oxygen atoms in total. The van der Waals surface area contributed by atoms with Gasteiger partial charge in [0.2, 0.25) is 0 Å². The molecule has 0 heterocycles. The van der Waals surface area contributed by atoms with Gasteiger partial charge in [-0.05, 0) is 19.1 Å². The highest BCUT2D eigenvalue weighted by Crippen LogP contribution is 2.10. The minimum atomic E-state index is 0.478. The molecule has 0 aliphatic rings. The predicted molar refractivity (Wildman–Crippen MR) is 63.3 cm³/mol. The molecule has 1 aromatic carbocycles. The molecule has 68 valence electrons. The van der Waals surface area contributed by atoms with Crippen LogP contribution in [0.3, 0.4) is 0 Å². The van der Waals surface area contributed by atoms with Crippen molar-refractivity contribution in [3.63, 3.8) is 0 Å². The van der Waals surface area contributed by atoms with E-state index in [2.05, 4.69) is 41.4 Å². The Labute approximate surface area is 92.6 Å². The van der Waals surface area contributed by atoms with Crippen LogP contribution in [0.4, 0.5) is 0 Å². The van der Waals surface area contributed by atoms with Gasteiger partial charge in [0.1, 0.15) is 12.4 Å². The molecule has 0 amide bonds. The molecule has 0 atom stereocenters.